The Kier molecular flexibility index (Phi) is 8.63. The largest absolute Gasteiger partial charge is 0.463 e. The van der Waals surface area contributed by atoms with E-state index in [1.807, 2.05) is 0 Å². The van der Waals surface area contributed by atoms with Crippen molar-refractivity contribution in [3.8, 4) is 0 Å². The van der Waals surface area contributed by atoms with Gasteiger partial charge in [0.2, 0.25) is 0 Å². The normalized spacial score (nSPS) is 26.5. The maximum Gasteiger partial charge on any atom is 0.303 e. The van der Waals surface area contributed by atoms with E-state index in [0.29, 0.717) is 10.0 Å². The Labute approximate surface area is 183 Å². The molecule has 1 saturated heterocycles. The molecule has 0 amide bonds. The van der Waals surface area contributed by atoms with Gasteiger partial charge in [-0.05, 0) is 18.2 Å². The Bertz CT molecular complexity index is 771. The first kappa shape index (κ1) is 23.8. The summed E-state index contributed by atoms with van der Waals surface area (Å²) in [5, 5.41) is 0.784. The highest BCUT2D eigenvalue weighted by atomic mass is 35.5. The van der Waals surface area contributed by atoms with E-state index < -0.39 is 47.6 Å². The summed E-state index contributed by atoms with van der Waals surface area (Å²) in [6.07, 6.45) is -2.21. The zero-order valence-corrected chi connectivity index (χ0v) is 18.7. The lowest BCUT2D eigenvalue weighted by molar-refractivity contribution is -0.212. The molecule has 1 aromatic carbocycles. The van der Waals surface area contributed by atoms with Crippen molar-refractivity contribution >= 4 is 52.9 Å². The molecule has 0 radical (unpaired) electrons. The van der Waals surface area contributed by atoms with Crippen LogP contribution < -0.4 is 0 Å². The van der Waals surface area contributed by atoms with Crippen LogP contribution in [-0.2, 0) is 33.3 Å². The molecule has 10 heteroatoms. The fraction of sp³-hybridized carbons (Fsp3) is 0.526. The van der Waals surface area contributed by atoms with E-state index in [0.717, 1.165) is 4.90 Å². The van der Waals surface area contributed by atoms with Gasteiger partial charge in [-0.2, -0.15) is 0 Å². The Hall–Kier alpha value is -1.48. The van der Waals surface area contributed by atoms with Crippen molar-refractivity contribution < 1.29 is 33.3 Å². The summed E-state index contributed by atoms with van der Waals surface area (Å²) in [4.78, 5) is 35.3. The van der Waals surface area contributed by atoms with Crippen LogP contribution in [0.5, 0.6) is 0 Å². The van der Waals surface area contributed by atoms with E-state index in [1.165, 1.54) is 32.5 Å². The standard InChI is InChI=1S/C19H22Cl2O7S/c1-9-17(26-11(3)23)16(8-25-10(2)22)28-19(18(9)27-12(4)24)29-13-5-6-14(20)15(21)7-13/h5-7,9,16-19H,8H2,1-4H3/t9?,16?,17-,18?,19-/m1/s1. The molecule has 1 aliphatic heterocycles. The topological polar surface area (TPSA) is 88.1 Å². The van der Waals surface area contributed by atoms with Gasteiger partial charge in [0.05, 0.1) is 10.0 Å². The Morgan fingerprint density at radius 1 is 1.00 bits per heavy atom. The fourth-order valence-corrected chi connectivity index (χ4v) is 4.54. The molecular weight excluding hydrogens is 443 g/mol. The van der Waals surface area contributed by atoms with Crippen molar-refractivity contribution in [1.29, 1.82) is 0 Å². The van der Waals surface area contributed by atoms with Crippen LogP contribution in [0.25, 0.3) is 0 Å². The zero-order valence-electron chi connectivity index (χ0n) is 16.3. The summed E-state index contributed by atoms with van der Waals surface area (Å²) in [7, 11) is 0. The second-order valence-corrected chi connectivity index (χ2v) is 8.53. The quantitative estimate of drug-likeness (QED) is 0.462. The minimum absolute atomic E-state index is 0.108. The highest BCUT2D eigenvalue weighted by Gasteiger charge is 2.48. The molecule has 0 aliphatic carbocycles. The number of carbonyl (C=O) groups is 3. The zero-order chi connectivity index (χ0) is 21.7. The van der Waals surface area contributed by atoms with Crippen LogP contribution in [-0.4, -0.2) is 48.3 Å². The van der Waals surface area contributed by atoms with Crippen LogP contribution in [0.1, 0.15) is 27.7 Å². The number of benzene rings is 1. The average molecular weight is 465 g/mol. The molecular formula is C19H22Cl2O7S. The third-order valence-electron chi connectivity index (χ3n) is 4.18. The van der Waals surface area contributed by atoms with E-state index in [1.54, 1.807) is 25.1 Å². The summed E-state index contributed by atoms with van der Waals surface area (Å²) in [5.74, 6) is -1.92. The van der Waals surface area contributed by atoms with E-state index in [2.05, 4.69) is 0 Å². The van der Waals surface area contributed by atoms with Crippen molar-refractivity contribution in [2.24, 2.45) is 5.92 Å². The van der Waals surface area contributed by atoms with E-state index in [-0.39, 0.29) is 6.61 Å². The average Bonchev–Trinajstić information content (AvgIpc) is 2.61. The number of thioether (sulfide) groups is 1. The van der Waals surface area contributed by atoms with Gasteiger partial charge in [0, 0.05) is 31.6 Å². The molecule has 7 nitrogen and oxygen atoms in total. The first-order chi connectivity index (χ1) is 13.6. The van der Waals surface area contributed by atoms with Gasteiger partial charge in [-0.1, -0.05) is 41.9 Å². The van der Waals surface area contributed by atoms with Gasteiger partial charge in [-0.25, -0.2) is 0 Å². The maximum atomic E-state index is 11.7. The predicted octanol–water partition coefficient (Wildman–Crippen LogP) is 3.87. The van der Waals surface area contributed by atoms with Crippen LogP contribution in [0.15, 0.2) is 23.1 Å². The smallest absolute Gasteiger partial charge is 0.303 e. The molecule has 29 heavy (non-hydrogen) atoms. The van der Waals surface area contributed by atoms with Crippen molar-refractivity contribution in [1.82, 2.24) is 0 Å². The number of halogens is 2. The fourth-order valence-electron chi connectivity index (χ4n) is 2.94. The predicted molar refractivity (Wildman–Crippen MR) is 108 cm³/mol. The molecule has 2 rings (SSSR count). The molecule has 160 valence electrons. The summed E-state index contributed by atoms with van der Waals surface area (Å²) >= 11 is 13.3. The molecule has 1 aliphatic rings. The number of ether oxygens (including phenoxy) is 4. The van der Waals surface area contributed by atoms with Gasteiger partial charge < -0.3 is 18.9 Å². The number of carbonyl (C=O) groups excluding carboxylic acids is 3. The molecule has 3 unspecified atom stereocenters. The van der Waals surface area contributed by atoms with Crippen LogP contribution in [0.2, 0.25) is 10.0 Å². The van der Waals surface area contributed by atoms with Gasteiger partial charge in [0.15, 0.2) is 0 Å². The van der Waals surface area contributed by atoms with Crippen molar-refractivity contribution in [3.05, 3.63) is 28.2 Å². The number of esters is 3. The van der Waals surface area contributed by atoms with Crippen LogP contribution >= 0.6 is 35.0 Å². The maximum absolute atomic E-state index is 11.7. The van der Waals surface area contributed by atoms with Gasteiger partial charge in [0.25, 0.3) is 0 Å². The summed E-state index contributed by atoms with van der Waals surface area (Å²) in [5.41, 5.74) is -0.654. The number of hydrogen-bond donors (Lipinski definition) is 0. The number of hydrogen-bond acceptors (Lipinski definition) is 8. The molecule has 1 aromatic rings. The SMILES string of the molecule is CC(=O)OCC1O[C@H](Sc2ccc(Cl)c(Cl)c2)C(OC(C)=O)C(C)[C@H]1OC(C)=O. The molecule has 0 bridgehead atoms. The highest BCUT2D eigenvalue weighted by Crippen LogP contribution is 2.40. The second-order valence-electron chi connectivity index (χ2n) is 6.55. The molecule has 1 fully saturated rings. The first-order valence-corrected chi connectivity index (χ1v) is 10.5. The Balaban J connectivity index is 2.31. The van der Waals surface area contributed by atoms with E-state index in [4.69, 9.17) is 42.1 Å². The molecule has 1 heterocycles. The summed E-state index contributed by atoms with van der Waals surface area (Å²) in [6, 6.07) is 5.08. The van der Waals surface area contributed by atoms with Gasteiger partial charge in [-0.3, -0.25) is 14.4 Å². The van der Waals surface area contributed by atoms with E-state index >= 15 is 0 Å². The van der Waals surface area contributed by atoms with Gasteiger partial charge >= 0.3 is 17.9 Å². The van der Waals surface area contributed by atoms with Crippen molar-refractivity contribution in [2.75, 3.05) is 6.61 Å². The lowest BCUT2D eigenvalue weighted by atomic mass is 9.91. The minimum atomic E-state index is -0.762. The van der Waals surface area contributed by atoms with Crippen LogP contribution in [0.4, 0.5) is 0 Å². The molecule has 0 aromatic heterocycles. The summed E-state index contributed by atoms with van der Waals surface area (Å²) in [6.45, 7) is 5.51. The molecule has 0 saturated carbocycles. The third-order valence-corrected chi connectivity index (χ3v) is 6.06. The molecule has 0 spiro atoms. The monoisotopic (exact) mass is 464 g/mol. The lowest BCUT2D eigenvalue weighted by Crippen LogP contribution is -2.56. The highest BCUT2D eigenvalue weighted by molar-refractivity contribution is 7.99. The third kappa shape index (κ3) is 6.77. The summed E-state index contributed by atoms with van der Waals surface area (Å²) < 4.78 is 22.0. The lowest BCUT2D eigenvalue weighted by Gasteiger charge is -2.43. The van der Waals surface area contributed by atoms with Crippen LogP contribution in [0.3, 0.4) is 0 Å². The second kappa shape index (κ2) is 10.5. The number of rotatable bonds is 6. The Morgan fingerprint density at radius 3 is 2.17 bits per heavy atom. The van der Waals surface area contributed by atoms with Crippen LogP contribution in [0, 0.1) is 5.92 Å². The van der Waals surface area contributed by atoms with Gasteiger partial charge in [0.1, 0.15) is 30.4 Å². The van der Waals surface area contributed by atoms with Crippen molar-refractivity contribution in [2.45, 2.75) is 56.3 Å². The molecule has 5 atom stereocenters. The van der Waals surface area contributed by atoms with E-state index in [9.17, 15) is 14.4 Å². The Morgan fingerprint density at radius 2 is 1.62 bits per heavy atom. The van der Waals surface area contributed by atoms with Gasteiger partial charge in [-0.15, -0.1) is 0 Å². The van der Waals surface area contributed by atoms with Crippen molar-refractivity contribution in [3.63, 3.8) is 0 Å². The molecule has 0 N–H and O–H groups in total. The minimum Gasteiger partial charge on any atom is -0.463 e. The first-order valence-electron chi connectivity index (χ1n) is 8.83.